The quantitative estimate of drug-likeness (QED) is 0.824. The van der Waals surface area contributed by atoms with Crippen LogP contribution in [0.1, 0.15) is 32.1 Å². The molecule has 4 rings (SSSR count). The molecule has 0 radical (unpaired) electrons. The first-order chi connectivity index (χ1) is 13.3. The van der Waals surface area contributed by atoms with Crippen molar-refractivity contribution in [1.82, 2.24) is 14.8 Å². The molecule has 1 aromatic heterocycles. The molecular formula is C22H28N4O. The molecule has 2 aromatic rings. The van der Waals surface area contributed by atoms with E-state index in [-0.39, 0.29) is 6.03 Å². The first-order valence-electron chi connectivity index (χ1n) is 10.1. The van der Waals surface area contributed by atoms with Gasteiger partial charge in [-0.05, 0) is 44.2 Å². The number of allylic oxidation sites excluding steroid dienone is 1. The molecule has 0 atom stereocenters. The van der Waals surface area contributed by atoms with Gasteiger partial charge < -0.3 is 10.2 Å². The second-order valence-electron chi connectivity index (χ2n) is 7.50. The van der Waals surface area contributed by atoms with Gasteiger partial charge in [-0.25, -0.2) is 4.79 Å². The van der Waals surface area contributed by atoms with Crippen molar-refractivity contribution >= 4 is 22.6 Å². The number of piperazine rings is 1. The topological polar surface area (TPSA) is 48.5 Å². The van der Waals surface area contributed by atoms with E-state index in [2.05, 4.69) is 21.3 Å². The number of pyridine rings is 1. The second kappa shape index (κ2) is 8.53. The third-order valence-corrected chi connectivity index (χ3v) is 5.67. The Morgan fingerprint density at radius 2 is 1.93 bits per heavy atom. The van der Waals surface area contributed by atoms with Crippen LogP contribution in [0.25, 0.3) is 10.9 Å². The lowest BCUT2D eigenvalue weighted by atomic mass is 9.97. The highest BCUT2D eigenvalue weighted by Gasteiger charge is 2.21. The average Bonchev–Trinajstić information content (AvgIpc) is 2.74. The first kappa shape index (κ1) is 18.0. The molecule has 1 fully saturated rings. The van der Waals surface area contributed by atoms with E-state index in [1.165, 1.54) is 32.1 Å². The summed E-state index contributed by atoms with van der Waals surface area (Å²) in [6.07, 6.45) is 10.6. The van der Waals surface area contributed by atoms with Gasteiger partial charge in [0.1, 0.15) is 0 Å². The Bertz CT molecular complexity index is 819. The van der Waals surface area contributed by atoms with Crippen molar-refractivity contribution in [1.29, 1.82) is 0 Å². The number of hydrogen-bond donors (Lipinski definition) is 1. The maximum absolute atomic E-state index is 12.7. The number of fused-ring (bicyclic) bond motifs is 1. The number of amides is 2. The summed E-state index contributed by atoms with van der Waals surface area (Å²) in [4.78, 5) is 21.5. The third-order valence-electron chi connectivity index (χ3n) is 5.67. The van der Waals surface area contributed by atoms with Gasteiger partial charge in [0.05, 0.1) is 11.2 Å². The number of benzene rings is 1. The lowest BCUT2D eigenvalue weighted by molar-refractivity contribution is 0.148. The van der Waals surface area contributed by atoms with Crippen molar-refractivity contribution in [2.24, 2.45) is 0 Å². The number of nitrogens with zero attached hydrogens (tertiary/aromatic N) is 3. The highest BCUT2D eigenvalue weighted by atomic mass is 16.2. The van der Waals surface area contributed by atoms with Gasteiger partial charge in [-0.1, -0.05) is 29.8 Å². The van der Waals surface area contributed by atoms with E-state index in [0.29, 0.717) is 0 Å². The molecule has 2 heterocycles. The Morgan fingerprint density at radius 3 is 2.74 bits per heavy atom. The Labute approximate surface area is 161 Å². The highest BCUT2D eigenvalue weighted by Crippen LogP contribution is 2.22. The van der Waals surface area contributed by atoms with Crippen molar-refractivity contribution in [2.45, 2.75) is 32.1 Å². The number of carbonyl (C=O) groups is 1. The molecule has 1 saturated heterocycles. The number of carbonyl (C=O) groups excluding carboxylic acids is 1. The van der Waals surface area contributed by atoms with Crippen LogP contribution in [0.4, 0.5) is 10.5 Å². The monoisotopic (exact) mass is 364 g/mol. The Morgan fingerprint density at radius 1 is 1.07 bits per heavy atom. The SMILES string of the molecule is O=C(Nc1cccc2cccnc12)N1CCN(CCC2=CCCCC2)CC1. The Hall–Kier alpha value is -2.40. The zero-order valence-electron chi connectivity index (χ0n) is 15.9. The largest absolute Gasteiger partial charge is 0.322 e. The molecule has 2 aliphatic rings. The van der Waals surface area contributed by atoms with E-state index in [1.807, 2.05) is 35.2 Å². The van der Waals surface area contributed by atoms with Crippen LogP contribution >= 0.6 is 0 Å². The van der Waals surface area contributed by atoms with Crippen molar-refractivity contribution in [3.63, 3.8) is 0 Å². The van der Waals surface area contributed by atoms with Gasteiger partial charge in [0.2, 0.25) is 0 Å². The van der Waals surface area contributed by atoms with Crippen molar-refractivity contribution in [3.8, 4) is 0 Å². The van der Waals surface area contributed by atoms with Crippen LogP contribution in [0.2, 0.25) is 0 Å². The second-order valence-corrected chi connectivity index (χ2v) is 7.50. The first-order valence-corrected chi connectivity index (χ1v) is 10.1. The van der Waals surface area contributed by atoms with E-state index in [1.54, 1.807) is 11.8 Å². The zero-order valence-corrected chi connectivity index (χ0v) is 15.9. The number of nitrogens with one attached hydrogen (secondary N) is 1. The van der Waals surface area contributed by atoms with E-state index in [9.17, 15) is 4.79 Å². The molecule has 27 heavy (non-hydrogen) atoms. The number of urea groups is 1. The van der Waals surface area contributed by atoms with Crippen molar-refractivity contribution in [2.75, 3.05) is 38.0 Å². The van der Waals surface area contributed by atoms with Gasteiger partial charge in [0.15, 0.2) is 0 Å². The van der Waals surface area contributed by atoms with E-state index >= 15 is 0 Å². The number of para-hydroxylation sites is 1. The number of anilines is 1. The van der Waals surface area contributed by atoms with Gasteiger partial charge >= 0.3 is 6.03 Å². The fraction of sp³-hybridized carbons (Fsp3) is 0.455. The predicted molar refractivity (Wildman–Crippen MR) is 110 cm³/mol. The Balaban J connectivity index is 1.29. The molecule has 1 aliphatic heterocycles. The predicted octanol–water partition coefficient (Wildman–Crippen LogP) is 4.27. The van der Waals surface area contributed by atoms with Crippen LogP contribution in [0.5, 0.6) is 0 Å². The molecule has 1 aliphatic carbocycles. The lowest BCUT2D eigenvalue weighted by Gasteiger charge is -2.35. The van der Waals surface area contributed by atoms with Crippen LogP contribution in [0.3, 0.4) is 0 Å². The minimum atomic E-state index is -0.0252. The summed E-state index contributed by atoms with van der Waals surface area (Å²) >= 11 is 0. The molecule has 0 saturated carbocycles. The lowest BCUT2D eigenvalue weighted by Crippen LogP contribution is -2.50. The number of aromatic nitrogens is 1. The smallest absolute Gasteiger partial charge is 0.321 e. The normalized spacial score (nSPS) is 18.4. The van der Waals surface area contributed by atoms with Crippen LogP contribution in [-0.2, 0) is 0 Å². The number of hydrogen-bond acceptors (Lipinski definition) is 3. The minimum absolute atomic E-state index is 0.0252. The maximum atomic E-state index is 12.7. The van der Waals surface area contributed by atoms with Crippen molar-refractivity contribution < 1.29 is 4.79 Å². The Kier molecular flexibility index (Phi) is 5.68. The average molecular weight is 364 g/mol. The van der Waals surface area contributed by atoms with Gasteiger partial charge in [0.25, 0.3) is 0 Å². The standard InChI is InChI=1S/C22H28N4O/c27-22(24-20-10-4-8-19-9-5-12-23-21(19)20)26-16-14-25(15-17-26)13-11-18-6-2-1-3-7-18/h4-6,8-10,12H,1-3,7,11,13-17H2,(H,24,27). The number of rotatable bonds is 4. The van der Waals surface area contributed by atoms with Crippen LogP contribution in [0, 0.1) is 0 Å². The van der Waals surface area contributed by atoms with Crippen LogP contribution < -0.4 is 5.32 Å². The summed E-state index contributed by atoms with van der Waals surface area (Å²) in [5.41, 5.74) is 3.25. The van der Waals surface area contributed by atoms with Gasteiger partial charge in [-0.2, -0.15) is 0 Å². The van der Waals surface area contributed by atoms with E-state index in [4.69, 9.17) is 0 Å². The fourth-order valence-corrected chi connectivity index (χ4v) is 4.01. The summed E-state index contributed by atoms with van der Waals surface area (Å²) in [6, 6.07) is 9.79. The molecule has 1 N–H and O–H groups in total. The molecule has 0 unspecified atom stereocenters. The summed E-state index contributed by atoms with van der Waals surface area (Å²) in [7, 11) is 0. The zero-order chi connectivity index (χ0) is 18.5. The summed E-state index contributed by atoms with van der Waals surface area (Å²) in [6.45, 7) is 4.59. The van der Waals surface area contributed by atoms with Gasteiger partial charge in [-0.3, -0.25) is 9.88 Å². The molecule has 1 aromatic carbocycles. The van der Waals surface area contributed by atoms with E-state index < -0.39 is 0 Å². The maximum Gasteiger partial charge on any atom is 0.321 e. The minimum Gasteiger partial charge on any atom is -0.322 e. The third kappa shape index (κ3) is 4.48. The molecule has 5 heteroatoms. The van der Waals surface area contributed by atoms with E-state index in [0.717, 1.165) is 49.3 Å². The van der Waals surface area contributed by atoms with Crippen LogP contribution in [0.15, 0.2) is 48.2 Å². The summed E-state index contributed by atoms with van der Waals surface area (Å²) < 4.78 is 0. The molecule has 5 nitrogen and oxygen atoms in total. The molecular weight excluding hydrogens is 336 g/mol. The molecule has 0 bridgehead atoms. The van der Waals surface area contributed by atoms with Crippen molar-refractivity contribution in [3.05, 3.63) is 48.2 Å². The van der Waals surface area contributed by atoms with Gasteiger partial charge in [-0.15, -0.1) is 0 Å². The fourth-order valence-electron chi connectivity index (χ4n) is 4.01. The van der Waals surface area contributed by atoms with Crippen LogP contribution in [-0.4, -0.2) is 53.5 Å². The summed E-state index contributed by atoms with van der Waals surface area (Å²) in [5, 5.41) is 4.09. The highest BCUT2D eigenvalue weighted by molar-refractivity contribution is 5.99. The molecule has 142 valence electrons. The van der Waals surface area contributed by atoms with Gasteiger partial charge in [0, 0.05) is 44.3 Å². The summed E-state index contributed by atoms with van der Waals surface area (Å²) in [5.74, 6) is 0. The molecule has 0 spiro atoms. The molecule has 2 amide bonds.